The Labute approximate surface area is 296 Å². The average Bonchev–Trinajstić information content (AvgIpc) is 3.12. The van der Waals surface area contributed by atoms with Gasteiger partial charge < -0.3 is 20.5 Å². The van der Waals surface area contributed by atoms with Gasteiger partial charge in [-0.25, -0.2) is 13.4 Å². The van der Waals surface area contributed by atoms with Crippen LogP contribution < -0.4 is 15.4 Å². The van der Waals surface area contributed by atoms with E-state index in [0.29, 0.717) is 32.5 Å². The maximum absolute atomic E-state index is 14.6. The number of ether oxygens (including phenoxy) is 1. The standard InChI is InChI=1S/C36H38F6N4O5S/c1-3-52(49,50)30-19-26-28(20-29(30)51-2)44-32(23-10-7-11-24(18-23)35(37,38)39)27(21-46-15-12-25(13-16-46)43-14-17-47)31(26)34(48)45-33(36(40,41)42)22-8-5-4-6-9-22/h4-11,18-20,25,33,43,47H,3,12-17,21H2,1-2H3,(H,45,48). The van der Waals surface area contributed by atoms with E-state index in [1.807, 2.05) is 4.90 Å². The molecule has 4 aromatic rings. The number of likely N-dealkylation sites (tertiary alicyclic amines) is 1. The molecule has 1 aliphatic heterocycles. The third-order valence-electron chi connectivity index (χ3n) is 9.03. The van der Waals surface area contributed by atoms with Gasteiger partial charge in [0.05, 0.1) is 41.8 Å². The number of alkyl halides is 6. The number of aromatic nitrogens is 1. The average molecular weight is 753 g/mol. The largest absolute Gasteiger partial charge is 0.495 e. The van der Waals surface area contributed by atoms with Crippen LogP contribution in [0.2, 0.25) is 0 Å². The van der Waals surface area contributed by atoms with Crippen molar-refractivity contribution in [3.63, 3.8) is 0 Å². The van der Waals surface area contributed by atoms with Crippen molar-refractivity contribution in [2.45, 2.75) is 55.6 Å². The van der Waals surface area contributed by atoms with Gasteiger partial charge in [-0.2, -0.15) is 26.3 Å². The number of hydrogen-bond donors (Lipinski definition) is 3. The lowest BCUT2D eigenvalue weighted by atomic mass is 9.93. The molecule has 9 nitrogen and oxygen atoms in total. The highest BCUT2D eigenvalue weighted by Crippen LogP contribution is 2.40. The first-order valence-corrected chi connectivity index (χ1v) is 18.2. The molecule has 3 aromatic carbocycles. The van der Waals surface area contributed by atoms with Crippen molar-refractivity contribution < 1.29 is 49.4 Å². The lowest BCUT2D eigenvalue weighted by Gasteiger charge is -2.33. The van der Waals surface area contributed by atoms with E-state index in [1.54, 1.807) is 0 Å². The molecule has 16 heteroatoms. The molecule has 0 spiro atoms. The van der Waals surface area contributed by atoms with Gasteiger partial charge in [0.1, 0.15) is 10.6 Å². The van der Waals surface area contributed by atoms with Crippen LogP contribution in [0, 0.1) is 0 Å². The third kappa shape index (κ3) is 8.68. The SMILES string of the molecule is CCS(=O)(=O)c1cc2c(C(=O)NC(c3ccccc3)C(F)(F)F)c(CN3CCC(NCCO)CC3)c(-c3cccc(C(F)(F)F)c3)nc2cc1OC. The van der Waals surface area contributed by atoms with E-state index in [1.165, 1.54) is 62.6 Å². The number of halogens is 6. The van der Waals surface area contributed by atoms with Gasteiger partial charge in [0.25, 0.3) is 5.91 Å². The number of fused-ring (bicyclic) bond motifs is 1. The second-order valence-corrected chi connectivity index (χ2v) is 14.6. The summed E-state index contributed by atoms with van der Waals surface area (Å²) in [6.07, 6.45) is -8.52. The van der Waals surface area contributed by atoms with Crippen LogP contribution in [0.15, 0.2) is 71.6 Å². The van der Waals surface area contributed by atoms with Gasteiger partial charge >= 0.3 is 12.4 Å². The van der Waals surface area contributed by atoms with Gasteiger partial charge in [-0.15, -0.1) is 0 Å². The zero-order chi connectivity index (χ0) is 37.8. The van der Waals surface area contributed by atoms with Crippen LogP contribution in [-0.2, 0) is 22.6 Å². The number of nitrogens with zero attached hydrogens (tertiary/aromatic N) is 2. The summed E-state index contributed by atoms with van der Waals surface area (Å²) in [7, 11) is -2.82. The Morgan fingerprint density at radius 3 is 2.31 bits per heavy atom. The number of pyridine rings is 1. The van der Waals surface area contributed by atoms with Crippen molar-refractivity contribution in [1.29, 1.82) is 0 Å². The Kier molecular flexibility index (Phi) is 11.8. The minimum absolute atomic E-state index is 0.0186. The topological polar surface area (TPSA) is 121 Å². The number of amides is 1. The molecule has 0 saturated carbocycles. The molecule has 1 amide bonds. The normalized spacial score (nSPS) is 15.5. The number of nitrogens with one attached hydrogen (secondary N) is 2. The van der Waals surface area contributed by atoms with Gasteiger partial charge in [-0.1, -0.05) is 49.4 Å². The number of rotatable bonds is 12. The van der Waals surface area contributed by atoms with Crippen molar-refractivity contribution in [2.75, 3.05) is 39.1 Å². The molecule has 3 N–H and O–H groups in total. The first-order chi connectivity index (χ1) is 24.6. The zero-order valence-electron chi connectivity index (χ0n) is 28.3. The number of sulfone groups is 1. The van der Waals surface area contributed by atoms with E-state index < -0.39 is 39.7 Å². The van der Waals surface area contributed by atoms with E-state index in [9.17, 15) is 44.7 Å². The number of carbonyl (C=O) groups excluding carboxylic acids is 1. The van der Waals surface area contributed by atoms with E-state index in [4.69, 9.17) is 4.74 Å². The number of hydrogen-bond acceptors (Lipinski definition) is 8. The quantitative estimate of drug-likeness (QED) is 0.144. The minimum Gasteiger partial charge on any atom is -0.495 e. The molecule has 2 heterocycles. The molecule has 1 atom stereocenters. The second kappa shape index (κ2) is 15.8. The predicted molar refractivity (Wildman–Crippen MR) is 183 cm³/mol. The molecule has 1 unspecified atom stereocenters. The first-order valence-electron chi connectivity index (χ1n) is 16.5. The molecule has 1 fully saturated rings. The lowest BCUT2D eigenvalue weighted by Crippen LogP contribution is -2.43. The Bertz CT molecular complexity index is 2000. The molecular formula is C36H38F6N4O5S. The summed E-state index contributed by atoms with van der Waals surface area (Å²) in [4.78, 5) is 20.7. The van der Waals surface area contributed by atoms with Gasteiger partial charge in [-0.3, -0.25) is 9.69 Å². The van der Waals surface area contributed by atoms with Gasteiger partial charge in [0, 0.05) is 41.7 Å². The summed E-state index contributed by atoms with van der Waals surface area (Å²) in [5.41, 5.74) is -1.86. The predicted octanol–water partition coefficient (Wildman–Crippen LogP) is 6.30. The van der Waals surface area contributed by atoms with E-state index in [-0.39, 0.29) is 74.4 Å². The number of methoxy groups -OCH3 is 1. The summed E-state index contributed by atoms with van der Waals surface area (Å²) in [5.74, 6) is -1.76. The summed E-state index contributed by atoms with van der Waals surface area (Å²) in [6, 6.07) is 10.8. The molecule has 52 heavy (non-hydrogen) atoms. The van der Waals surface area contributed by atoms with E-state index in [2.05, 4.69) is 15.6 Å². The lowest BCUT2D eigenvalue weighted by molar-refractivity contribution is -0.155. The fraction of sp³-hybridized carbons (Fsp3) is 0.389. The molecule has 1 saturated heterocycles. The second-order valence-electron chi connectivity index (χ2n) is 12.4. The van der Waals surface area contributed by atoms with Crippen molar-refractivity contribution in [3.05, 3.63) is 89.0 Å². The maximum Gasteiger partial charge on any atom is 0.416 e. The van der Waals surface area contributed by atoms with Crippen molar-refractivity contribution >= 4 is 26.6 Å². The molecule has 0 radical (unpaired) electrons. The molecule has 280 valence electrons. The summed E-state index contributed by atoms with van der Waals surface area (Å²) < 4.78 is 118. The Morgan fingerprint density at radius 2 is 1.71 bits per heavy atom. The zero-order valence-corrected chi connectivity index (χ0v) is 29.1. The van der Waals surface area contributed by atoms with Crippen LogP contribution in [0.4, 0.5) is 26.3 Å². The highest BCUT2D eigenvalue weighted by molar-refractivity contribution is 7.91. The highest BCUT2D eigenvalue weighted by atomic mass is 32.2. The maximum atomic E-state index is 14.6. The molecule has 0 aliphatic carbocycles. The number of aliphatic hydroxyl groups excluding tert-OH is 1. The van der Waals surface area contributed by atoms with Crippen LogP contribution >= 0.6 is 0 Å². The van der Waals surface area contributed by atoms with Gasteiger partial charge in [-0.05, 0) is 49.7 Å². The van der Waals surface area contributed by atoms with Crippen LogP contribution in [0.5, 0.6) is 5.75 Å². The molecule has 1 aliphatic rings. The minimum atomic E-state index is -4.97. The number of benzene rings is 3. The van der Waals surface area contributed by atoms with Gasteiger partial charge in [0.2, 0.25) is 0 Å². The van der Waals surface area contributed by atoms with Crippen LogP contribution in [0.3, 0.4) is 0 Å². The molecule has 1 aromatic heterocycles. The third-order valence-corrected chi connectivity index (χ3v) is 10.8. The van der Waals surface area contributed by atoms with E-state index >= 15 is 0 Å². The highest BCUT2D eigenvalue weighted by Gasteiger charge is 2.43. The number of aliphatic hydroxyl groups is 1. The Morgan fingerprint density at radius 1 is 1.02 bits per heavy atom. The van der Waals surface area contributed by atoms with Gasteiger partial charge in [0.15, 0.2) is 15.9 Å². The number of carbonyl (C=O) groups is 1. The van der Waals surface area contributed by atoms with Crippen molar-refractivity contribution in [1.82, 2.24) is 20.5 Å². The van der Waals surface area contributed by atoms with E-state index in [0.717, 1.165) is 18.2 Å². The molecule has 0 bridgehead atoms. The summed E-state index contributed by atoms with van der Waals surface area (Å²) in [6.45, 7) is 2.43. The van der Waals surface area contributed by atoms with Crippen molar-refractivity contribution in [3.8, 4) is 17.0 Å². The Hall–Kier alpha value is -4.25. The molecular weight excluding hydrogens is 714 g/mol. The summed E-state index contributed by atoms with van der Waals surface area (Å²) in [5, 5.41) is 14.4. The fourth-order valence-corrected chi connectivity index (χ4v) is 7.41. The van der Waals surface area contributed by atoms with Crippen LogP contribution in [0.1, 0.15) is 52.9 Å². The first kappa shape index (κ1) is 39.0. The molecule has 5 rings (SSSR count). The fourth-order valence-electron chi connectivity index (χ4n) is 6.35. The summed E-state index contributed by atoms with van der Waals surface area (Å²) >= 11 is 0. The van der Waals surface area contributed by atoms with Crippen LogP contribution in [-0.4, -0.2) is 80.6 Å². The number of piperidine rings is 1. The van der Waals surface area contributed by atoms with Crippen LogP contribution in [0.25, 0.3) is 22.2 Å². The smallest absolute Gasteiger partial charge is 0.416 e. The monoisotopic (exact) mass is 752 g/mol. The van der Waals surface area contributed by atoms with Crippen molar-refractivity contribution in [2.24, 2.45) is 0 Å². The Balaban J connectivity index is 1.80.